The zero-order valence-corrected chi connectivity index (χ0v) is 13.4. The van der Waals surface area contributed by atoms with Gasteiger partial charge in [0.15, 0.2) is 0 Å². The SMILES string of the molecule is CCCCCCC[C@]1(c2ccc(N)cc2)CCC(=O)NC1=O. The number of carbonyl (C=O) groups excluding carboxylic acids is 2. The van der Waals surface area contributed by atoms with Crippen LogP contribution in [0.4, 0.5) is 5.69 Å². The zero-order chi connectivity index (χ0) is 16.0. The highest BCUT2D eigenvalue weighted by atomic mass is 16.2. The molecule has 0 unspecified atom stereocenters. The molecule has 1 aromatic rings. The van der Waals surface area contributed by atoms with E-state index in [-0.39, 0.29) is 11.8 Å². The first-order valence-electron chi connectivity index (χ1n) is 8.29. The minimum absolute atomic E-state index is 0.149. The predicted octanol–water partition coefficient (Wildman–Crippen LogP) is 3.30. The molecule has 0 radical (unpaired) electrons. The Bertz CT molecular complexity index is 524. The molecule has 1 aliphatic heterocycles. The highest BCUT2D eigenvalue weighted by Gasteiger charge is 2.43. The Morgan fingerprint density at radius 3 is 2.41 bits per heavy atom. The monoisotopic (exact) mass is 302 g/mol. The van der Waals surface area contributed by atoms with Crippen molar-refractivity contribution in [1.29, 1.82) is 0 Å². The molecule has 2 amide bonds. The normalized spacial score (nSPS) is 21.7. The van der Waals surface area contributed by atoms with Crippen LogP contribution in [0.25, 0.3) is 0 Å². The number of nitrogens with two attached hydrogens (primary N) is 1. The van der Waals surface area contributed by atoms with Gasteiger partial charge in [-0.25, -0.2) is 0 Å². The number of nitrogens with one attached hydrogen (secondary N) is 1. The lowest BCUT2D eigenvalue weighted by atomic mass is 9.70. The van der Waals surface area contributed by atoms with Gasteiger partial charge in [0.25, 0.3) is 0 Å². The molecular weight excluding hydrogens is 276 g/mol. The van der Waals surface area contributed by atoms with Gasteiger partial charge in [-0.2, -0.15) is 0 Å². The van der Waals surface area contributed by atoms with Crippen LogP contribution in [0, 0.1) is 0 Å². The summed E-state index contributed by atoms with van der Waals surface area (Å²) in [6, 6.07) is 7.52. The summed E-state index contributed by atoms with van der Waals surface area (Å²) in [5.74, 6) is -0.314. The fraction of sp³-hybridized carbons (Fsp3) is 0.556. The van der Waals surface area contributed by atoms with Crippen molar-refractivity contribution in [2.75, 3.05) is 5.73 Å². The van der Waals surface area contributed by atoms with E-state index in [1.54, 1.807) is 0 Å². The van der Waals surface area contributed by atoms with Gasteiger partial charge in [0.1, 0.15) is 0 Å². The van der Waals surface area contributed by atoms with E-state index in [0.29, 0.717) is 18.5 Å². The Hall–Kier alpha value is -1.84. The molecule has 1 saturated heterocycles. The van der Waals surface area contributed by atoms with Crippen molar-refractivity contribution >= 4 is 17.5 Å². The van der Waals surface area contributed by atoms with Crippen molar-refractivity contribution in [3.8, 4) is 0 Å². The van der Waals surface area contributed by atoms with Crippen molar-refractivity contribution in [1.82, 2.24) is 5.32 Å². The molecule has 1 heterocycles. The van der Waals surface area contributed by atoms with Gasteiger partial charge < -0.3 is 5.73 Å². The number of anilines is 1. The standard InChI is InChI=1S/C18H26N2O2/c1-2-3-4-5-6-12-18(13-11-16(21)20-17(18)22)14-7-9-15(19)10-8-14/h7-10H,2-6,11-13,19H2,1H3,(H,20,21,22)/t18-/m1/s1. The summed E-state index contributed by atoms with van der Waals surface area (Å²) in [7, 11) is 0. The second-order valence-electron chi connectivity index (χ2n) is 6.25. The number of carbonyl (C=O) groups is 2. The molecule has 0 spiro atoms. The van der Waals surface area contributed by atoms with E-state index in [9.17, 15) is 9.59 Å². The van der Waals surface area contributed by atoms with E-state index in [4.69, 9.17) is 5.73 Å². The van der Waals surface area contributed by atoms with Gasteiger partial charge in [-0.3, -0.25) is 14.9 Å². The second kappa shape index (κ2) is 7.43. The number of rotatable bonds is 7. The van der Waals surface area contributed by atoms with Gasteiger partial charge in [-0.05, 0) is 30.5 Å². The third-order valence-corrected chi connectivity index (χ3v) is 4.64. The minimum Gasteiger partial charge on any atom is -0.399 e. The molecule has 1 atom stereocenters. The topological polar surface area (TPSA) is 72.2 Å². The number of amides is 2. The maximum Gasteiger partial charge on any atom is 0.237 e. The highest BCUT2D eigenvalue weighted by molar-refractivity contribution is 6.03. The maximum absolute atomic E-state index is 12.6. The smallest absolute Gasteiger partial charge is 0.237 e. The Kier molecular flexibility index (Phi) is 5.58. The van der Waals surface area contributed by atoms with Gasteiger partial charge in [-0.1, -0.05) is 51.2 Å². The van der Waals surface area contributed by atoms with Crippen LogP contribution in [0.1, 0.15) is 63.9 Å². The van der Waals surface area contributed by atoms with Crippen LogP contribution < -0.4 is 11.1 Å². The van der Waals surface area contributed by atoms with E-state index < -0.39 is 5.41 Å². The van der Waals surface area contributed by atoms with Gasteiger partial charge >= 0.3 is 0 Å². The summed E-state index contributed by atoms with van der Waals surface area (Å²) in [4.78, 5) is 24.1. The summed E-state index contributed by atoms with van der Waals surface area (Å²) < 4.78 is 0. The molecule has 0 aliphatic carbocycles. The first-order valence-corrected chi connectivity index (χ1v) is 8.29. The number of piperidine rings is 1. The number of benzene rings is 1. The number of imide groups is 1. The molecule has 2 rings (SSSR count). The molecule has 3 N–H and O–H groups in total. The van der Waals surface area contributed by atoms with Crippen LogP contribution in [0.3, 0.4) is 0 Å². The van der Waals surface area contributed by atoms with E-state index in [1.165, 1.54) is 19.3 Å². The second-order valence-corrected chi connectivity index (χ2v) is 6.25. The summed E-state index contributed by atoms with van der Waals surface area (Å²) >= 11 is 0. The number of hydrogen-bond acceptors (Lipinski definition) is 3. The Labute approximate surface area is 132 Å². The fourth-order valence-corrected chi connectivity index (χ4v) is 3.24. The molecule has 120 valence electrons. The van der Waals surface area contributed by atoms with Crippen LogP contribution in [-0.4, -0.2) is 11.8 Å². The lowest BCUT2D eigenvalue weighted by Gasteiger charge is -2.36. The Morgan fingerprint density at radius 2 is 1.77 bits per heavy atom. The molecule has 0 saturated carbocycles. The third kappa shape index (κ3) is 3.67. The van der Waals surface area contributed by atoms with Crippen LogP contribution >= 0.6 is 0 Å². The van der Waals surface area contributed by atoms with Crippen LogP contribution in [0.5, 0.6) is 0 Å². The van der Waals surface area contributed by atoms with Crippen molar-refractivity contribution in [2.24, 2.45) is 0 Å². The van der Waals surface area contributed by atoms with E-state index >= 15 is 0 Å². The first kappa shape index (κ1) is 16.5. The first-order chi connectivity index (χ1) is 10.6. The molecule has 4 nitrogen and oxygen atoms in total. The maximum atomic E-state index is 12.6. The summed E-state index contributed by atoms with van der Waals surface area (Å²) in [6.07, 6.45) is 7.57. The van der Waals surface area contributed by atoms with Crippen LogP contribution in [0.2, 0.25) is 0 Å². The third-order valence-electron chi connectivity index (χ3n) is 4.64. The number of hydrogen-bond donors (Lipinski definition) is 2. The van der Waals surface area contributed by atoms with E-state index in [1.807, 2.05) is 24.3 Å². The van der Waals surface area contributed by atoms with Gasteiger partial charge in [0.05, 0.1) is 5.41 Å². The van der Waals surface area contributed by atoms with Crippen LogP contribution in [-0.2, 0) is 15.0 Å². The van der Waals surface area contributed by atoms with Crippen molar-refractivity contribution in [3.63, 3.8) is 0 Å². The van der Waals surface area contributed by atoms with E-state index in [2.05, 4.69) is 12.2 Å². The Balaban J connectivity index is 2.15. The molecule has 22 heavy (non-hydrogen) atoms. The molecule has 1 aliphatic rings. The van der Waals surface area contributed by atoms with Gasteiger partial charge in [-0.15, -0.1) is 0 Å². The summed E-state index contributed by atoms with van der Waals surface area (Å²) in [5, 5.41) is 2.53. The number of nitrogen functional groups attached to an aromatic ring is 1. The molecule has 0 bridgehead atoms. The van der Waals surface area contributed by atoms with Crippen molar-refractivity contribution < 1.29 is 9.59 Å². The average molecular weight is 302 g/mol. The molecule has 4 heteroatoms. The molecule has 0 aromatic heterocycles. The largest absolute Gasteiger partial charge is 0.399 e. The van der Waals surface area contributed by atoms with Crippen LogP contribution in [0.15, 0.2) is 24.3 Å². The number of unbranched alkanes of at least 4 members (excludes halogenated alkanes) is 4. The van der Waals surface area contributed by atoms with Gasteiger partial charge in [0.2, 0.25) is 11.8 Å². The lowest BCUT2D eigenvalue weighted by Crippen LogP contribution is -2.51. The van der Waals surface area contributed by atoms with E-state index in [0.717, 1.165) is 24.8 Å². The predicted molar refractivity (Wildman–Crippen MR) is 88.3 cm³/mol. The highest BCUT2D eigenvalue weighted by Crippen LogP contribution is 2.38. The average Bonchev–Trinajstić information content (AvgIpc) is 2.50. The van der Waals surface area contributed by atoms with Crippen molar-refractivity contribution in [2.45, 2.75) is 63.7 Å². The van der Waals surface area contributed by atoms with Crippen molar-refractivity contribution in [3.05, 3.63) is 29.8 Å². The fourth-order valence-electron chi connectivity index (χ4n) is 3.24. The minimum atomic E-state index is -0.576. The quantitative estimate of drug-likeness (QED) is 0.461. The summed E-state index contributed by atoms with van der Waals surface area (Å²) in [5.41, 5.74) is 6.84. The molecule has 1 fully saturated rings. The molecule has 1 aromatic carbocycles. The lowest BCUT2D eigenvalue weighted by molar-refractivity contribution is -0.138. The zero-order valence-electron chi connectivity index (χ0n) is 13.4. The Morgan fingerprint density at radius 1 is 1.09 bits per heavy atom. The summed E-state index contributed by atoms with van der Waals surface area (Å²) in [6.45, 7) is 2.19. The molecular formula is C18H26N2O2. The van der Waals surface area contributed by atoms with Gasteiger partial charge in [0, 0.05) is 12.1 Å².